The summed E-state index contributed by atoms with van der Waals surface area (Å²) < 4.78 is 5.33. The number of fused-ring (bicyclic) bond motifs is 1. The Morgan fingerprint density at radius 2 is 1.97 bits per heavy atom. The molecule has 1 amide bonds. The van der Waals surface area contributed by atoms with Gasteiger partial charge in [0.15, 0.2) is 0 Å². The summed E-state index contributed by atoms with van der Waals surface area (Å²) in [5.41, 5.74) is 3.27. The van der Waals surface area contributed by atoms with Gasteiger partial charge in [-0.05, 0) is 62.8 Å². The summed E-state index contributed by atoms with van der Waals surface area (Å²) in [4.78, 5) is 26.8. The molecule has 1 saturated carbocycles. The number of piperidine rings is 1. The Morgan fingerprint density at radius 1 is 1.19 bits per heavy atom. The Hall–Kier alpha value is -2.51. The summed E-state index contributed by atoms with van der Waals surface area (Å²) >= 11 is 1.51. The molecule has 168 valence electrons. The quantitative estimate of drug-likeness (QED) is 0.595. The van der Waals surface area contributed by atoms with Crippen LogP contribution in [0.15, 0.2) is 24.3 Å². The van der Waals surface area contributed by atoms with Gasteiger partial charge in [-0.25, -0.2) is 9.97 Å². The average Bonchev–Trinajstić information content (AvgIpc) is 3.58. The molecule has 32 heavy (non-hydrogen) atoms. The first-order valence-electron chi connectivity index (χ1n) is 11.5. The van der Waals surface area contributed by atoms with E-state index in [0.717, 1.165) is 70.4 Å². The van der Waals surface area contributed by atoms with Gasteiger partial charge in [0.2, 0.25) is 0 Å². The first-order valence-corrected chi connectivity index (χ1v) is 12.3. The SMILES string of the molecule is COc1cccc(CN2CCC(NC(=O)c3sc4nc(C5CC5)nc(C)c4c3C)CC2)c1. The standard InChI is InChI=1S/C25H30N4O2S/c1-15-21-16(2)26-23(18-7-8-18)28-25(21)32-22(15)24(30)27-19-9-11-29(12-10-19)14-17-5-4-6-20(13-17)31-3/h4-6,13,18-19H,7-12,14H2,1-3H3,(H,27,30). The number of nitrogens with zero attached hydrogens (tertiary/aromatic N) is 3. The topological polar surface area (TPSA) is 67.3 Å². The highest BCUT2D eigenvalue weighted by Crippen LogP contribution is 2.40. The number of hydrogen-bond donors (Lipinski definition) is 1. The predicted molar refractivity (Wildman–Crippen MR) is 128 cm³/mol. The number of thiophene rings is 1. The molecular weight excluding hydrogens is 420 g/mol. The van der Waals surface area contributed by atoms with Crippen molar-refractivity contribution < 1.29 is 9.53 Å². The molecule has 5 rings (SSSR count). The first-order chi connectivity index (χ1) is 15.5. The Kier molecular flexibility index (Phi) is 5.86. The fraction of sp³-hybridized carbons (Fsp3) is 0.480. The van der Waals surface area contributed by atoms with Crippen LogP contribution >= 0.6 is 11.3 Å². The number of nitrogens with one attached hydrogen (secondary N) is 1. The maximum Gasteiger partial charge on any atom is 0.261 e. The third kappa shape index (κ3) is 4.36. The Bertz CT molecular complexity index is 1150. The van der Waals surface area contributed by atoms with Crippen molar-refractivity contribution in [3.05, 3.63) is 51.8 Å². The zero-order chi connectivity index (χ0) is 22.2. The molecule has 1 saturated heterocycles. The molecule has 1 N–H and O–H groups in total. The summed E-state index contributed by atoms with van der Waals surface area (Å²) in [7, 11) is 1.70. The van der Waals surface area contributed by atoms with E-state index in [1.54, 1.807) is 7.11 Å². The number of aryl methyl sites for hydroxylation is 2. The third-order valence-corrected chi connectivity index (χ3v) is 7.78. The average molecular weight is 451 g/mol. The number of carbonyl (C=O) groups excluding carboxylic acids is 1. The molecule has 7 heteroatoms. The minimum Gasteiger partial charge on any atom is -0.497 e. The van der Waals surface area contributed by atoms with Crippen LogP contribution in [0.1, 0.15) is 63.9 Å². The number of methoxy groups -OCH3 is 1. The smallest absolute Gasteiger partial charge is 0.261 e. The van der Waals surface area contributed by atoms with E-state index in [1.165, 1.54) is 29.7 Å². The minimum absolute atomic E-state index is 0.0316. The summed E-state index contributed by atoms with van der Waals surface area (Å²) in [5.74, 6) is 2.39. The molecule has 0 unspecified atom stereocenters. The third-order valence-electron chi connectivity index (χ3n) is 6.60. The van der Waals surface area contributed by atoms with Crippen LogP contribution in [0.25, 0.3) is 10.2 Å². The molecule has 1 aliphatic carbocycles. The second kappa shape index (κ2) is 8.79. The lowest BCUT2D eigenvalue weighted by Crippen LogP contribution is -2.44. The van der Waals surface area contributed by atoms with Crippen molar-refractivity contribution >= 4 is 27.5 Å². The van der Waals surface area contributed by atoms with Crippen molar-refractivity contribution in [3.63, 3.8) is 0 Å². The van der Waals surface area contributed by atoms with Gasteiger partial charge in [0.25, 0.3) is 5.91 Å². The molecule has 3 aromatic rings. The van der Waals surface area contributed by atoms with E-state index >= 15 is 0 Å². The number of rotatable bonds is 6. The molecule has 2 fully saturated rings. The predicted octanol–water partition coefficient (Wildman–Crippen LogP) is 4.59. The second-order valence-corrected chi connectivity index (χ2v) is 10.1. The highest BCUT2D eigenvalue weighted by atomic mass is 32.1. The highest BCUT2D eigenvalue weighted by molar-refractivity contribution is 7.20. The Labute approximate surface area is 193 Å². The normalized spacial score (nSPS) is 17.6. The van der Waals surface area contributed by atoms with Crippen LogP contribution in [-0.2, 0) is 6.54 Å². The van der Waals surface area contributed by atoms with Crippen LogP contribution < -0.4 is 10.1 Å². The van der Waals surface area contributed by atoms with Gasteiger partial charge in [-0.2, -0.15) is 0 Å². The lowest BCUT2D eigenvalue weighted by atomic mass is 10.0. The molecule has 3 heterocycles. The second-order valence-electron chi connectivity index (χ2n) is 9.05. The van der Waals surface area contributed by atoms with E-state index in [2.05, 4.69) is 22.3 Å². The van der Waals surface area contributed by atoms with Gasteiger partial charge >= 0.3 is 0 Å². The van der Waals surface area contributed by atoms with Crippen LogP contribution in [0, 0.1) is 13.8 Å². The molecule has 0 atom stereocenters. The number of likely N-dealkylation sites (tertiary alicyclic amines) is 1. The maximum atomic E-state index is 13.1. The molecule has 1 aromatic carbocycles. The summed E-state index contributed by atoms with van der Waals surface area (Å²) in [6.45, 7) is 6.92. The molecule has 2 aliphatic rings. The van der Waals surface area contributed by atoms with Crippen molar-refractivity contribution in [1.82, 2.24) is 20.2 Å². The summed E-state index contributed by atoms with van der Waals surface area (Å²) in [5, 5.41) is 4.34. The lowest BCUT2D eigenvalue weighted by molar-refractivity contribution is 0.0912. The van der Waals surface area contributed by atoms with Crippen LogP contribution in [0.4, 0.5) is 0 Å². The van der Waals surface area contributed by atoms with Gasteiger partial charge in [0.05, 0.1) is 17.7 Å². The fourth-order valence-corrected chi connectivity index (χ4v) is 5.76. The largest absolute Gasteiger partial charge is 0.497 e. The zero-order valence-electron chi connectivity index (χ0n) is 19.0. The van der Waals surface area contributed by atoms with Crippen molar-refractivity contribution in [1.29, 1.82) is 0 Å². The Morgan fingerprint density at radius 3 is 2.69 bits per heavy atom. The van der Waals surface area contributed by atoms with E-state index in [4.69, 9.17) is 14.7 Å². The molecular formula is C25H30N4O2S. The number of ether oxygens (including phenoxy) is 1. The number of benzene rings is 1. The van der Waals surface area contributed by atoms with Gasteiger partial charge in [-0.15, -0.1) is 11.3 Å². The fourth-order valence-electron chi connectivity index (χ4n) is 4.62. The summed E-state index contributed by atoms with van der Waals surface area (Å²) in [6.07, 6.45) is 4.28. The molecule has 0 bridgehead atoms. The number of carbonyl (C=O) groups is 1. The summed E-state index contributed by atoms with van der Waals surface area (Å²) in [6, 6.07) is 8.45. The number of hydrogen-bond acceptors (Lipinski definition) is 6. The molecule has 1 aliphatic heterocycles. The molecule has 2 aromatic heterocycles. The van der Waals surface area contributed by atoms with Crippen molar-refractivity contribution in [2.24, 2.45) is 0 Å². The van der Waals surface area contributed by atoms with E-state index < -0.39 is 0 Å². The van der Waals surface area contributed by atoms with Gasteiger partial charge in [-0.3, -0.25) is 9.69 Å². The van der Waals surface area contributed by atoms with Crippen LogP contribution in [0.3, 0.4) is 0 Å². The monoisotopic (exact) mass is 450 g/mol. The maximum absolute atomic E-state index is 13.1. The van der Waals surface area contributed by atoms with Crippen LogP contribution in [0.2, 0.25) is 0 Å². The number of aromatic nitrogens is 2. The van der Waals surface area contributed by atoms with Gasteiger partial charge in [0, 0.05) is 37.0 Å². The highest BCUT2D eigenvalue weighted by Gasteiger charge is 2.29. The van der Waals surface area contributed by atoms with E-state index in [1.807, 2.05) is 26.0 Å². The molecule has 0 radical (unpaired) electrons. The molecule has 6 nitrogen and oxygen atoms in total. The van der Waals surface area contributed by atoms with Crippen LogP contribution in [-0.4, -0.2) is 47.0 Å². The van der Waals surface area contributed by atoms with Crippen molar-refractivity contribution in [2.45, 2.75) is 58.0 Å². The first kappa shape index (κ1) is 21.3. The van der Waals surface area contributed by atoms with Crippen LogP contribution in [0.5, 0.6) is 5.75 Å². The molecule has 0 spiro atoms. The van der Waals surface area contributed by atoms with Crippen molar-refractivity contribution in [3.8, 4) is 5.75 Å². The van der Waals surface area contributed by atoms with Crippen molar-refractivity contribution in [2.75, 3.05) is 20.2 Å². The zero-order valence-corrected chi connectivity index (χ0v) is 19.8. The van der Waals surface area contributed by atoms with Gasteiger partial charge < -0.3 is 10.1 Å². The minimum atomic E-state index is 0.0316. The lowest BCUT2D eigenvalue weighted by Gasteiger charge is -2.32. The van der Waals surface area contributed by atoms with E-state index in [9.17, 15) is 4.79 Å². The van der Waals surface area contributed by atoms with E-state index in [-0.39, 0.29) is 11.9 Å². The van der Waals surface area contributed by atoms with Gasteiger partial charge in [0.1, 0.15) is 16.4 Å². The Balaban J connectivity index is 1.22. The van der Waals surface area contributed by atoms with E-state index in [0.29, 0.717) is 5.92 Å². The number of amides is 1. The van der Waals surface area contributed by atoms with Gasteiger partial charge in [-0.1, -0.05) is 12.1 Å².